The van der Waals surface area contributed by atoms with E-state index in [9.17, 15) is 18.0 Å². The maximum atomic E-state index is 12.3. The molecule has 0 spiro atoms. The van der Waals surface area contributed by atoms with Gasteiger partial charge in [-0.25, -0.2) is 12.7 Å². The highest BCUT2D eigenvalue weighted by atomic mass is 35.5. The van der Waals surface area contributed by atoms with E-state index in [2.05, 4.69) is 5.32 Å². The molecule has 0 aliphatic rings. The molecule has 0 radical (unpaired) electrons. The smallest absolute Gasteiger partial charge is 0.310 e. The molecule has 30 heavy (non-hydrogen) atoms. The molecule has 0 atom stereocenters. The minimum atomic E-state index is -3.71. The molecule has 1 amide bonds. The Balaban J connectivity index is 2.03. The lowest BCUT2D eigenvalue weighted by Crippen LogP contribution is -2.24. The van der Waals surface area contributed by atoms with Crippen LogP contribution < -0.4 is 10.1 Å². The number of sulfonamides is 1. The molecule has 0 aliphatic carbocycles. The summed E-state index contributed by atoms with van der Waals surface area (Å²) in [5.41, 5.74) is 0.712. The van der Waals surface area contributed by atoms with Crippen molar-refractivity contribution < 1.29 is 27.5 Å². The summed E-state index contributed by atoms with van der Waals surface area (Å²) < 4.78 is 35.7. The fourth-order valence-electron chi connectivity index (χ4n) is 2.36. The van der Waals surface area contributed by atoms with Crippen molar-refractivity contribution in [1.82, 2.24) is 4.31 Å². The molecule has 162 valence electrons. The Morgan fingerprint density at radius 2 is 1.77 bits per heavy atom. The highest BCUT2D eigenvalue weighted by Crippen LogP contribution is 2.28. The van der Waals surface area contributed by atoms with Gasteiger partial charge in [0.2, 0.25) is 10.0 Å². The molecule has 0 bridgehead atoms. The standard InChI is InChI=1S/C19H20Cl2N2O6S/c1-23(2)30(26,27)13-5-7-17(28-3)16(10-13)22-18(24)11-29-19(25)9-12-4-6-14(20)15(21)8-12/h4-8,10H,9,11H2,1-3H3,(H,22,24). The van der Waals surface area contributed by atoms with Crippen molar-refractivity contribution in [2.75, 3.05) is 33.1 Å². The lowest BCUT2D eigenvalue weighted by molar-refractivity contribution is -0.146. The van der Waals surface area contributed by atoms with Gasteiger partial charge >= 0.3 is 5.97 Å². The molecule has 11 heteroatoms. The zero-order chi connectivity index (χ0) is 22.5. The van der Waals surface area contributed by atoms with Crippen LogP contribution in [0.5, 0.6) is 5.75 Å². The van der Waals surface area contributed by atoms with Crippen LogP contribution in [-0.2, 0) is 30.8 Å². The molecule has 1 N–H and O–H groups in total. The van der Waals surface area contributed by atoms with Crippen molar-refractivity contribution in [1.29, 1.82) is 0 Å². The number of esters is 1. The predicted molar refractivity (Wildman–Crippen MR) is 114 cm³/mol. The maximum Gasteiger partial charge on any atom is 0.310 e. The number of hydrogen-bond acceptors (Lipinski definition) is 6. The number of methoxy groups -OCH3 is 1. The van der Waals surface area contributed by atoms with Gasteiger partial charge in [-0.05, 0) is 35.9 Å². The molecule has 0 saturated carbocycles. The summed E-state index contributed by atoms with van der Waals surface area (Å²) in [6.07, 6.45) is -0.0932. The van der Waals surface area contributed by atoms with Crippen LogP contribution >= 0.6 is 23.2 Å². The Labute approximate surface area is 184 Å². The molecule has 0 aromatic heterocycles. The first kappa shape index (κ1) is 23.9. The molecule has 0 unspecified atom stereocenters. The lowest BCUT2D eigenvalue weighted by atomic mass is 10.1. The highest BCUT2D eigenvalue weighted by Gasteiger charge is 2.20. The van der Waals surface area contributed by atoms with Crippen molar-refractivity contribution >= 4 is 50.8 Å². The topological polar surface area (TPSA) is 102 Å². The first-order chi connectivity index (χ1) is 14.0. The van der Waals surface area contributed by atoms with Gasteiger partial charge in [0.15, 0.2) is 6.61 Å². The van der Waals surface area contributed by atoms with Crippen molar-refractivity contribution in [2.45, 2.75) is 11.3 Å². The summed E-state index contributed by atoms with van der Waals surface area (Å²) in [6.45, 7) is -0.562. The quantitative estimate of drug-likeness (QED) is 0.589. The van der Waals surface area contributed by atoms with E-state index in [1.807, 2.05) is 0 Å². The molecule has 0 aliphatic heterocycles. The monoisotopic (exact) mass is 474 g/mol. The number of nitrogens with one attached hydrogen (secondary N) is 1. The number of halogens is 2. The van der Waals surface area contributed by atoms with Gasteiger partial charge in [-0.1, -0.05) is 29.3 Å². The molecular weight excluding hydrogens is 455 g/mol. The summed E-state index contributed by atoms with van der Waals surface area (Å²) in [7, 11) is 0.459. The molecule has 2 aromatic carbocycles. The Hall–Kier alpha value is -2.33. The lowest BCUT2D eigenvalue weighted by Gasteiger charge is -2.15. The molecular formula is C19H20Cl2N2O6S. The number of carbonyl (C=O) groups excluding carboxylic acids is 2. The fraction of sp³-hybridized carbons (Fsp3) is 0.263. The van der Waals surface area contributed by atoms with Crippen LogP contribution in [0.2, 0.25) is 10.0 Å². The van der Waals surface area contributed by atoms with Gasteiger partial charge in [-0.15, -0.1) is 0 Å². The molecule has 0 fully saturated rings. The van der Waals surface area contributed by atoms with E-state index in [0.29, 0.717) is 15.6 Å². The van der Waals surface area contributed by atoms with E-state index in [1.54, 1.807) is 12.1 Å². The Kier molecular flexibility index (Phi) is 8.08. The number of ether oxygens (including phenoxy) is 2. The van der Waals surface area contributed by atoms with Gasteiger partial charge in [0.1, 0.15) is 5.75 Å². The van der Waals surface area contributed by atoms with Gasteiger partial charge in [-0.2, -0.15) is 0 Å². The number of nitrogens with zero attached hydrogens (tertiary/aromatic N) is 1. The number of hydrogen-bond donors (Lipinski definition) is 1. The predicted octanol–water partition coefficient (Wildman–Crippen LogP) is 2.98. The zero-order valence-corrected chi connectivity index (χ0v) is 18.8. The average molecular weight is 475 g/mol. The Morgan fingerprint density at radius 1 is 1.07 bits per heavy atom. The van der Waals surface area contributed by atoms with Gasteiger partial charge in [0, 0.05) is 14.1 Å². The van der Waals surface area contributed by atoms with Crippen LogP contribution in [0, 0.1) is 0 Å². The van der Waals surface area contributed by atoms with Gasteiger partial charge < -0.3 is 14.8 Å². The first-order valence-corrected chi connectivity index (χ1v) is 10.7. The van der Waals surface area contributed by atoms with Crippen molar-refractivity contribution in [3.05, 3.63) is 52.0 Å². The number of benzene rings is 2. The van der Waals surface area contributed by atoms with Crippen molar-refractivity contribution in [2.24, 2.45) is 0 Å². The molecule has 0 saturated heterocycles. The van der Waals surface area contributed by atoms with E-state index in [4.69, 9.17) is 32.7 Å². The highest BCUT2D eigenvalue weighted by molar-refractivity contribution is 7.89. The van der Waals surface area contributed by atoms with Crippen LogP contribution in [0.1, 0.15) is 5.56 Å². The van der Waals surface area contributed by atoms with Crippen LogP contribution in [0.15, 0.2) is 41.3 Å². The van der Waals surface area contributed by atoms with Crippen LogP contribution in [0.25, 0.3) is 0 Å². The molecule has 8 nitrogen and oxygen atoms in total. The summed E-state index contributed by atoms with van der Waals surface area (Å²) in [5, 5.41) is 3.15. The largest absolute Gasteiger partial charge is 0.495 e. The van der Waals surface area contributed by atoms with E-state index in [0.717, 1.165) is 4.31 Å². The van der Waals surface area contributed by atoms with E-state index in [-0.39, 0.29) is 22.8 Å². The summed E-state index contributed by atoms with van der Waals surface area (Å²) >= 11 is 11.7. The number of anilines is 1. The van der Waals surface area contributed by atoms with Crippen molar-refractivity contribution in [3.63, 3.8) is 0 Å². The maximum absolute atomic E-state index is 12.3. The van der Waals surface area contributed by atoms with E-state index >= 15 is 0 Å². The third kappa shape index (κ3) is 6.09. The van der Waals surface area contributed by atoms with Gasteiger partial charge in [0.05, 0.1) is 34.2 Å². The summed E-state index contributed by atoms with van der Waals surface area (Å²) in [4.78, 5) is 24.1. The third-order valence-corrected chi connectivity index (χ3v) is 6.47. The molecule has 2 aromatic rings. The molecule has 0 heterocycles. The minimum absolute atomic E-state index is 0.0276. The van der Waals surface area contributed by atoms with E-state index in [1.165, 1.54) is 45.5 Å². The summed E-state index contributed by atoms with van der Waals surface area (Å²) in [5.74, 6) is -1.04. The third-order valence-electron chi connectivity index (χ3n) is 3.92. The Morgan fingerprint density at radius 3 is 2.37 bits per heavy atom. The van der Waals surface area contributed by atoms with Gasteiger partial charge in [0.25, 0.3) is 5.91 Å². The van der Waals surface area contributed by atoms with Crippen LogP contribution in [-0.4, -0.2) is 52.4 Å². The Bertz CT molecular complexity index is 1060. The number of rotatable bonds is 8. The SMILES string of the molecule is COc1ccc(S(=O)(=O)N(C)C)cc1NC(=O)COC(=O)Cc1ccc(Cl)c(Cl)c1. The summed E-state index contributed by atoms with van der Waals surface area (Å²) in [6, 6.07) is 8.76. The number of amides is 1. The normalized spacial score (nSPS) is 11.3. The van der Waals surface area contributed by atoms with E-state index < -0.39 is 28.5 Å². The molecule has 2 rings (SSSR count). The van der Waals surface area contributed by atoms with Gasteiger partial charge in [-0.3, -0.25) is 9.59 Å². The fourth-order valence-corrected chi connectivity index (χ4v) is 3.60. The second-order valence-corrected chi connectivity index (χ2v) is 9.25. The van der Waals surface area contributed by atoms with Crippen molar-refractivity contribution in [3.8, 4) is 5.75 Å². The second kappa shape index (κ2) is 10.1. The zero-order valence-electron chi connectivity index (χ0n) is 16.4. The number of carbonyl (C=O) groups is 2. The van der Waals surface area contributed by atoms with Crippen LogP contribution in [0.3, 0.4) is 0 Å². The van der Waals surface area contributed by atoms with Crippen LogP contribution in [0.4, 0.5) is 5.69 Å². The minimum Gasteiger partial charge on any atom is -0.495 e. The first-order valence-electron chi connectivity index (χ1n) is 8.54. The second-order valence-electron chi connectivity index (χ2n) is 6.28. The average Bonchev–Trinajstić information content (AvgIpc) is 2.69.